The van der Waals surface area contributed by atoms with E-state index in [-0.39, 0.29) is 5.91 Å². The highest BCUT2D eigenvalue weighted by Crippen LogP contribution is 2.25. The summed E-state index contributed by atoms with van der Waals surface area (Å²) >= 11 is 1.68. The SMILES string of the molecule is Cc1cnccc1N1CCN(C(=O)c2csc(C(C)C)c2)CC1. The van der Waals surface area contributed by atoms with Crippen LogP contribution in [-0.4, -0.2) is 42.0 Å². The van der Waals surface area contributed by atoms with Crippen molar-refractivity contribution in [3.05, 3.63) is 45.9 Å². The fourth-order valence-electron chi connectivity index (χ4n) is 2.92. The number of aromatic nitrogens is 1. The van der Waals surface area contributed by atoms with Gasteiger partial charge in [0.05, 0.1) is 5.56 Å². The zero-order chi connectivity index (χ0) is 16.4. The average Bonchev–Trinajstić information content (AvgIpc) is 3.05. The summed E-state index contributed by atoms with van der Waals surface area (Å²) in [7, 11) is 0. The molecule has 0 aliphatic carbocycles. The Balaban J connectivity index is 1.64. The van der Waals surface area contributed by atoms with Crippen molar-refractivity contribution in [3.63, 3.8) is 0 Å². The van der Waals surface area contributed by atoms with Crippen LogP contribution in [0.1, 0.15) is 40.6 Å². The smallest absolute Gasteiger partial charge is 0.254 e. The number of piperazine rings is 1. The van der Waals surface area contributed by atoms with Gasteiger partial charge in [-0.1, -0.05) is 13.8 Å². The van der Waals surface area contributed by atoms with E-state index in [2.05, 4.69) is 42.8 Å². The Morgan fingerprint density at radius 1 is 1.26 bits per heavy atom. The lowest BCUT2D eigenvalue weighted by Crippen LogP contribution is -2.48. The maximum atomic E-state index is 12.6. The summed E-state index contributed by atoms with van der Waals surface area (Å²) in [5.41, 5.74) is 3.25. The lowest BCUT2D eigenvalue weighted by atomic mass is 10.1. The highest BCUT2D eigenvalue weighted by molar-refractivity contribution is 7.10. The normalized spacial score (nSPS) is 15.3. The van der Waals surface area contributed by atoms with E-state index in [0.717, 1.165) is 31.7 Å². The van der Waals surface area contributed by atoms with E-state index < -0.39 is 0 Å². The minimum Gasteiger partial charge on any atom is -0.368 e. The lowest BCUT2D eigenvalue weighted by Gasteiger charge is -2.36. The first-order chi connectivity index (χ1) is 11.1. The number of aryl methyl sites for hydroxylation is 1. The molecule has 0 unspecified atom stereocenters. The molecule has 4 nitrogen and oxygen atoms in total. The van der Waals surface area contributed by atoms with Gasteiger partial charge in [0.15, 0.2) is 0 Å². The molecule has 0 N–H and O–H groups in total. The maximum Gasteiger partial charge on any atom is 0.254 e. The van der Waals surface area contributed by atoms with Crippen LogP contribution in [0.5, 0.6) is 0 Å². The largest absolute Gasteiger partial charge is 0.368 e. The zero-order valence-corrected chi connectivity index (χ0v) is 14.8. The maximum absolute atomic E-state index is 12.6. The third-order valence-corrected chi connectivity index (χ3v) is 5.57. The van der Waals surface area contributed by atoms with Crippen LogP contribution in [0.25, 0.3) is 0 Å². The van der Waals surface area contributed by atoms with E-state index in [0.29, 0.717) is 5.92 Å². The first-order valence-electron chi connectivity index (χ1n) is 8.09. The molecule has 3 heterocycles. The van der Waals surface area contributed by atoms with Gasteiger partial charge >= 0.3 is 0 Å². The number of carbonyl (C=O) groups is 1. The van der Waals surface area contributed by atoms with Crippen LogP contribution in [0, 0.1) is 6.92 Å². The van der Waals surface area contributed by atoms with E-state index in [4.69, 9.17) is 0 Å². The summed E-state index contributed by atoms with van der Waals surface area (Å²) in [4.78, 5) is 22.4. The Morgan fingerprint density at radius 2 is 2.00 bits per heavy atom. The van der Waals surface area contributed by atoms with Gasteiger partial charge in [-0.05, 0) is 30.5 Å². The summed E-state index contributed by atoms with van der Waals surface area (Å²) in [6.45, 7) is 9.70. The molecular weight excluding hydrogens is 306 g/mol. The summed E-state index contributed by atoms with van der Waals surface area (Å²) in [6, 6.07) is 4.11. The molecule has 1 saturated heterocycles. The Labute approximate surface area is 141 Å². The molecule has 3 rings (SSSR count). The Bertz CT molecular complexity index is 687. The van der Waals surface area contributed by atoms with Gasteiger partial charge in [-0.25, -0.2) is 0 Å². The van der Waals surface area contributed by atoms with Crippen molar-refractivity contribution < 1.29 is 4.79 Å². The van der Waals surface area contributed by atoms with Crippen molar-refractivity contribution in [2.24, 2.45) is 0 Å². The third-order valence-electron chi connectivity index (χ3n) is 4.33. The number of thiophene rings is 1. The van der Waals surface area contributed by atoms with Gasteiger partial charge in [0.1, 0.15) is 0 Å². The summed E-state index contributed by atoms with van der Waals surface area (Å²) in [6.07, 6.45) is 3.73. The first-order valence-corrected chi connectivity index (χ1v) is 8.97. The molecule has 0 atom stereocenters. The van der Waals surface area contributed by atoms with Gasteiger partial charge < -0.3 is 9.80 Å². The molecule has 0 saturated carbocycles. The number of pyridine rings is 1. The number of amides is 1. The van der Waals surface area contributed by atoms with Crippen molar-refractivity contribution in [1.82, 2.24) is 9.88 Å². The standard InChI is InChI=1S/C18H23N3OS/c1-13(2)17-10-15(12-23-17)18(22)21-8-6-20(7-9-21)16-4-5-19-11-14(16)3/h4-5,10-13H,6-9H2,1-3H3. The van der Waals surface area contributed by atoms with Crippen molar-refractivity contribution in [2.75, 3.05) is 31.1 Å². The molecule has 0 spiro atoms. The highest BCUT2D eigenvalue weighted by atomic mass is 32.1. The Hall–Kier alpha value is -1.88. The molecule has 0 bridgehead atoms. The van der Waals surface area contributed by atoms with Crippen LogP contribution in [-0.2, 0) is 0 Å². The summed E-state index contributed by atoms with van der Waals surface area (Å²) in [5.74, 6) is 0.646. The second kappa shape index (κ2) is 6.71. The number of hydrogen-bond acceptors (Lipinski definition) is 4. The average molecular weight is 329 g/mol. The van der Waals surface area contributed by atoms with Crippen LogP contribution >= 0.6 is 11.3 Å². The number of anilines is 1. The highest BCUT2D eigenvalue weighted by Gasteiger charge is 2.23. The fraction of sp³-hybridized carbons (Fsp3) is 0.444. The lowest BCUT2D eigenvalue weighted by molar-refractivity contribution is 0.0747. The second-order valence-electron chi connectivity index (χ2n) is 6.33. The summed E-state index contributed by atoms with van der Waals surface area (Å²) in [5, 5.41) is 2.00. The number of rotatable bonds is 3. The molecule has 122 valence electrons. The van der Waals surface area contributed by atoms with Gasteiger partial charge in [-0.2, -0.15) is 0 Å². The topological polar surface area (TPSA) is 36.4 Å². The molecule has 0 aromatic carbocycles. The van der Waals surface area contributed by atoms with Crippen LogP contribution < -0.4 is 4.90 Å². The Morgan fingerprint density at radius 3 is 2.61 bits per heavy atom. The van der Waals surface area contributed by atoms with Gasteiger partial charge in [-0.3, -0.25) is 9.78 Å². The summed E-state index contributed by atoms with van der Waals surface area (Å²) < 4.78 is 0. The number of carbonyl (C=O) groups excluding carboxylic acids is 1. The molecule has 2 aromatic rings. The quantitative estimate of drug-likeness (QED) is 0.864. The minimum absolute atomic E-state index is 0.166. The third kappa shape index (κ3) is 3.39. The van der Waals surface area contributed by atoms with Crippen molar-refractivity contribution in [1.29, 1.82) is 0 Å². The molecule has 1 fully saturated rings. The van der Waals surface area contributed by atoms with Crippen LogP contribution in [0.2, 0.25) is 0 Å². The molecule has 1 amide bonds. The number of hydrogen-bond donors (Lipinski definition) is 0. The van der Waals surface area contributed by atoms with Crippen LogP contribution in [0.15, 0.2) is 29.9 Å². The zero-order valence-electron chi connectivity index (χ0n) is 14.0. The van der Waals surface area contributed by atoms with Crippen molar-refractivity contribution in [2.45, 2.75) is 26.7 Å². The molecule has 5 heteroatoms. The molecule has 1 aliphatic rings. The van der Waals surface area contributed by atoms with Gasteiger partial charge in [0, 0.05) is 54.5 Å². The number of nitrogens with zero attached hydrogens (tertiary/aromatic N) is 3. The van der Waals surface area contributed by atoms with Crippen molar-refractivity contribution >= 4 is 22.9 Å². The van der Waals surface area contributed by atoms with Gasteiger partial charge in [0.2, 0.25) is 0 Å². The van der Waals surface area contributed by atoms with Gasteiger partial charge in [0.25, 0.3) is 5.91 Å². The molecular formula is C18H23N3OS. The minimum atomic E-state index is 0.166. The second-order valence-corrected chi connectivity index (χ2v) is 7.28. The van der Waals surface area contributed by atoms with E-state index in [1.54, 1.807) is 11.3 Å². The molecule has 0 radical (unpaired) electrons. The molecule has 1 aliphatic heterocycles. The van der Waals surface area contributed by atoms with Crippen LogP contribution in [0.3, 0.4) is 0 Å². The predicted octanol–water partition coefficient (Wildman–Crippen LogP) is 3.54. The Kier molecular flexibility index (Phi) is 4.66. The van der Waals surface area contributed by atoms with Gasteiger partial charge in [-0.15, -0.1) is 11.3 Å². The van der Waals surface area contributed by atoms with E-state index in [1.807, 2.05) is 22.7 Å². The first kappa shape index (κ1) is 16.0. The van der Waals surface area contributed by atoms with E-state index >= 15 is 0 Å². The monoisotopic (exact) mass is 329 g/mol. The van der Waals surface area contributed by atoms with E-state index in [1.165, 1.54) is 16.1 Å². The molecule has 23 heavy (non-hydrogen) atoms. The predicted molar refractivity (Wildman–Crippen MR) is 95.5 cm³/mol. The fourth-order valence-corrected chi connectivity index (χ4v) is 3.82. The van der Waals surface area contributed by atoms with Crippen molar-refractivity contribution in [3.8, 4) is 0 Å². The molecule has 2 aromatic heterocycles. The van der Waals surface area contributed by atoms with Crippen LogP contribution in [0.4, 0.5) is 5.69 Å². The van der Waals surface area contributed by atoms with E-state index in [9.17, 15) is 4.79 Å².